The zero-order valence-electron chi connectivity index (χ0n) is 11.0. The molecule has 1 aliphatic carbocycles. The molecule has 3 N–H and O–H groups in total. The molecule has 1 aliphatic rings. The van der Waals surface area contributed by atoms with Crippen molar-refractivity contribution in [2.75, 3.05) is 18.6 Å². The van der Waals surface area contributed by atoms with E-state index < -0.39 is 10.0 Å². The molecule has 2 rings (SSSR count). The van der Waals surface area contributed by atoms with Crippen molar-refractivity contribution in [3.05, 3.63) is 11.8 Å². The lowest BCUT2D eigenvalue weighted by Crippen LogP contribution is -2.27. The summed E-state index contributed by atoms with van der Waals surface area (Å²) in [7, 11) is -3.47. The van der Waals surface area contributed by atoms with Gasteiger partial charge in [-0.2, -0.15) is 16.9 Å². The van der Waals surface area contributed by atoms with Crippen LogP contribution in [0.4, 0.5) is 0 Å². The molecule has 1 saturated carbocycles. The van der Waals surface area contributed by atoms with Gasteiger partial charge in [-0.1, -0.05) is 0 Å². The highest BCUT2D eigenvalue weighted by atomic mass is 32.2. The van der Waals surface area contributed by atoms with Crippen molar-refractivity contribution in [3.8, 4) is 0 Å². The minimum absolute atomic E-state index is 0.185. The molecule has 6 nitrogen and oxygen atoms in total. The summed E-state index contributed by atoms with van der Waals surface area (Å²) in [5.74, 6) is 0.946. The number of rotatable bonds is 9. The van der Waals surface area contributed by atoms with Crippen LogP contribution in [0.3, 0.4) is 0 Å². The normalized spacial score (nSPS) is 15.8. The standard InChI is InChI=1S/C11H20N4O2S2/c1-18-6-2-5-14-19(16,17)11-9(8-13-15-11)7-12-10-3-4-10/h8,10,12,14H,2-7H2,1H3,(H,13,15). The molecule has 0 saturated heterocycles. The van der Waals surface area contributed by atoms with Crippen molar-refractivity contribution in [1.29, 1.82) is 0 Å². The van der Waals surface area contributed by atoms with E-state index in [0.29, 0.717) is 24.7 Å². The SMILES string of the molecule is CSCCCNS(=O)(=O)c1[nH]ncc1CNC1CC1. The number of hydrogen-bond acceptors (Lipinski definition) is 5. The highest BCUT2D eigenvalue weighted by molar-refractivity contribution is 7.98. The predicted molar refractivity (Wildman–Crippen MR) is 76.6 cm³/mol. The summed E-state index contributed by atoms with van der Waals surface area (Å²) in [6.07, 6.45) is 6.75. The van der Waals surface area contributed by atoms with Crippen LogP contribution in [0, 0.1) is 0 Å². The summed E-state index contributed by atoms with van der Waals surface area (Å²) < 4.78 is 26.8. The summed E-state index contributed by atoms with van der Waals surface area (Å²) in [6.45, 7) is 1.000. The number of sulfonamides is 1. The van der Waals surface area contributed by atoms with Gasteiger partial charge >= 0.3 is 0 Å². The van der Waals surface area contributed by atoms with Gasteiger partial charge in [-0.15, -0.1) is 0 Å². The molecular weight excluding hydrogens is 284 g/mol. The smallest absolute Gasteiger partial charge is 0.257 e. The summed E-state index contributed by atoms with van der Waals surface area (Å²) in [5.41, 5.74) is 0.698. The lowest BCUT2D eigenvalue weighted by atomic mass is 10.3. The first-order valence-corrected chi connectivity index (χ1v) is 9.25. The number of aromatic amines is 1. The zero-order chi connectivity index (χ0) is 13.7. The van der Waals surface area contributed by atoms with Gasteiger partial charge in [-0.05, 0) is 31.3 Å². The van der Waals surface area contributed by atoms with E-state index >= 15 is 0 Å². The van der Waals surface area contributed by atoms with Gasteiger partial charge in [0, 0.05) is 24.7 Å². The molecule has 0 bridgehead atoms. The van der Waals surface area contributed by atoms with Gasteiger partial charge in [0.2, 0.25) is 0 Å². The van der Waals surface area contributed by atoms with Gasteiger partial charge in [0.05, 0.1) is 6.20 Å². The maximum Gasteiger partial charge on any atom is 0.257 e. The molecule has 0 unspecified atom stereocenters. The van der Waals surface area contributed by atoms with E-state index in [9.17, 15) is 8.42 Å². The fraction of sp³-hybridized carbons (Fsp3) is 0.727. The first kappa shape index (κ1) is 14.8. The van der Waals surface area contributed by atoms with Crippen LogP contribution in [-0.2, 0) is 16.6 Å². The molecule has 1 aromatic heterocycles. The van der Waals surface area contributed by atoms with Gasteiger partial charge in [-0.25, -0.2) is 13.1 Å². The van der Waals surface area contributed by atoms with Crippen molar-refractivity contribution >= 4 is 21.8 Å². The number of aromatic nitrogens is 2. The third kappa shape index (κ3) is 4.48. The van der Waals surface area contributed by atoms with Crippen molar-refractivity contribution in [2.45, 2.75) is 36.9 Å². The number of nitrogens with zero attached hydrogens (tertiary/aromatic N) is 1. The molecule has 108 valence electrons. The number of nitrogens with one attached hydrogen (secondary N) is 3. The highest BCUT2D eigenvalue weighted by Gasteiger charge is 2.24. The van der Waals surface area contributed by atoms with Crippen molar-refractivity contribution in [2.24, 2.45) is 0 Å². The average Bonchev–Trinajstić information content (AvgIpc) is 3.08. The quantitative estimate of drug-likeness (QED) is 0.584. The molecule has 0 radical (unpaired) electrons. The Kier molecular flexibility index (Phi) is 5.26. The minimum atomic E-state index is -3.47. The van der Waals surface area contributed by atoms with Crippen LogP contribution in [0.5, 0.6) is 0 Å². The molecule has 0 atom stereocenters. The lowest BCUT2D eigenvalue weighted by Gasteiger charge is -2.07. The van der Waals surface area contributed by atoms with E-state index in [0.717, 1.165) is 12.2 Å². The Morgan fingerprint density at radius 2 is 2.32 bits per heavy atom. The predicted octanol–water partition coefficient (Wildman–Crippen LogP) is 0.693. The van der Waals surface area contributed by atoms with Gasteiger partial charge < -0.3 is 5.32 Å². The van der Waals surface area contributed by atoms with Crippen molar-refractivity contribution in [3.63, 3.8) is 0 Å². The second kappa shape index (κ2) is 6.74. The van der Waals surface area contributed by atoms with E-state index in [4.69, 9.17) is 0 Å². The molecule has 0 amide bonds. The molecular formula is C11H20N4O2S2. The first-order chi connectivity index (χ1) is 9.13. The van der Waals surface area contributed by atoms with E-state index in [2.05, 4.69) is 20.2 Å². The summed E-state index contributed by atoms with van der Waals surface area (Å²) >= 11 is 1.71. The van der Waals surface area contributed by atoms with Crippen LogP contribution >= 0.6 is 11.8 Å². The Labute approximate surface area is 118 Å². The minimum Gasteiger partial charge on any atom is -0.310 e. The molecule has 1 fully saturated rings. The number of H-pyrrole nitrogens is 1. The van der Waals surface area contributed by atoms with E-state index in [1.807, 2.05) is 6.26 Å². The van der Waals surface area contributed by atoms with Crippen molar-refractivity contribution < 1.29 is 8.42 Å². The molecule has 8 heteroatoms. The molecule has 0 spiro atoms. The van der Waals surface area contributed by atoms with Crippen LogP contribution in [-0.4, -0.2) is 43.2 Å². The summed E-state index contributed by atoms with van der Waals surface area (Å²) in [4.78, 5) is 0. The fourth-order valence-electron chi connectivity index (χ4n) is 1.69. The zero-order valence-corrected chi connectivity index (χ0v) is 12.6. The Morgan fingerprint density at radius 3 is 3.00 bits per heavy atom. The van der Waals surface area contributed by atoms with E-state index in [1.54, 1.807) is 18.0 Å². The Balaban J connectivity index is 1.92. The van der Waals surface area contributed by atoms with Crippen molar-refractivity contribution in [1.82, 2.24) is 20.2 Å². The van der Waals surface area contributed by atoms with Crippen LogP contribution < -0.4 is 10.0 Å². The van der Waals surface area contributed by atoms with Crippen LogP contribution in [0.25, 0.3) is 0 Å². The maximum absolute atomic E-state index is 12.1. The number of hydrogen-bond donors (Lipinski definition) is 3. The van der Waals surface area contributed by atoms with Gasteiger partial charge in [-0.3, -0.25) is 5.10 Å². The van der Waals surface area contributed by atoms with E-state index in [-0.39, 0.29) is 5.03 Å². The Hall–Kier alpha value is -0.570. The van der Waals surface area contributed by atoms with Crippen LogP contribution in [0.1, 0.15) is 24.8 Å². The van der Waals surface area contributed by atoms with E-state index in [1.165, 1.54) is 12.8 Å². The summed E-state index contributed by atoms with van der Waals surface area (Å²) in [6, 6.07) is 0.542. The molecule has 1 aromatic rings. The summed E-state index contributed by atoms with van der Waals surface area (Å²) in [5, 5.41) is 9.91. The number of thioether (sulfide) groups is 1. The second-order valence-electron chi connectivity index (χ2n) is 4.62. The Morgan fingerprint density at radius 1 is 1.53 bits per heavy atom. The molecule has 0 aromatic carbocycles. The van der Waals surface area contributed by atoms with Gasteiger partial charge in [0.1, 0.15) is 0 Å². The van der Waals surface area contributed by atoms with Crippen LogP contribution in [0.2, 0.25) is 0 Å². The Bertz CT molecular complexity index is 497. The fourth-order valence-corrected chi connectivity index (χ4v) is 3.33. The van der Waals surface area contributed by atoms with Crippen LogP contribution in [0.15, 0.2) is 11.2 Å². The second-order valence-corrected chi connectivity index (χ2v) is 7.31. The third-order valence-corrected chi connectivity index (χ3v) is 5.09. The average molecular weight is 304 g/mol. The molecule has 0 aliphatic heterocycles. The topological polar surface area (TPSA) is 86.9 Å². The molecule has 1 heterocycles. The monoisotopic (exact) mass is 304 g/mol. The highest BCUT2D eigenvalue weighted by Crippen LogP contribution is 2.20. The lowest BCUT2D eigenvalue weighted by molar-refractivity contribution is 0.573. The first-order valence-electron chi connectivity index (χ1n) is 6.37. The third-order valence-electron chi connectivity index (χ3n) is 2.92. The maximum atomic E-state index is 12.1. The largest absolute Gasteiger partial charge is 0.310 e. The molecule has 19 heavy (non-hydrogen) atoms. The van der Waals surface area contributed by atoms with Gasteiger partial charge in [0.25, 0.3) is 10.0 Å². The van der Waals surface area contributed by atoms with Gasteiger partial charge in [0.15, 0.2) is 5.03 Å².